The summed E-state index contributed by atoms with van der Waals surface area (Å²) in [6.45, 7) is 2.23. The molecule has 3 aromatic rings. The van der Waals surface area contributed by atoms with E-state index in [-0.39, 0.29) is 51.0 Å². The summed E-state index contributed by atoms with van der Waals surface area (Å²) in [5, 5.41) is 28.6. The van der Waals surface area contributed by atoms with Crippen molar-refractivity contribution in [3.8, 4) is 0 Å². The number of aliphatic hydroxyl groups excluding tert-OH is 1. The molecule has 3 heterocycles. The third kappa shape index (κ3) is 14.3. The zero-order valence-electron chi connectivity index (χ0n) is 38.7. The molecule has 11 amide bonds. The highest BCUT2D eigenvalue weighted by Crippen LogP contribution is 2.21. The first-order valence-corrected chi connectivity index (χ1v) is 22.7. The van der Waals surface area contributed by atoms with Gasteiger partial charge in [0.2, 0.25) is 65.0 Å². The Morgan fingerprint density at radius 1 is 0.686 bits per heavy atom. The molecule has 2 saturated heterocycles. The number of fused-ring (bicyclic) bond motifs is 1. The third-order valence-corrected chi connectivity index (χ3v) is 11.9. The molecule has 0 radical (unpaired) electrons. The van der Waals surface area contributed by atoms with Crippen LogP contribution in [0.4, 0.5) is 0 Å². The highest BCUT2D eigenvalue weighted by Gasteiger charge is 2.41. The molecule has 5 rings (SSSR count). The van der Waals surface area contributed by atoms with Crippen LogP contribution in [0.5, 0.6) is 0 Å². The van der Waals surface area contributed by atoms with E-state index in [1.165, 1.54) is 0 Å². The number of likely N-dealkylation sites (tertiary alicyclic amines) is 1. The first kappa shape index (κ1) is 53.1. The Morgan fingerprint density at radius 2 is 1.27 bits per heavy atom. The number of nitrogens with one attached hydrogen (secondary N) is 8. The lowest BCUT2D eigenvalue weighted by atomic mass is 10.0. The Morgan fingerprint density at radius 3 is 1.87 bits per heavy atom. The molecule has 0 bridgehead atoms. The van der Waals surface area contributed by atoms with Gasteiger partial charge in [-0.2, -0.15) is 0 Å². The van der Waals surface area contributed by atoms with E-state index >= 15 is 0 Å². The van der Waals surface area contributed by atoms with Gasteiger partial charge in [0.15, 0.2) is 0 Å². The average Bonchev–Trinajstić information content (AvgIpc) is 4.09. The SMILES string of the molecule is CC(C)C(NC(=O)C1CCC(=O)N1)C(=O)NC(CC(N)=O)C(=O)NC(Cc1ccccc1)C(=O)NC(CO)C(=O)N1CCCC1C(=O)NC(CC(N)=O)C(=O)NC(Cc1c[nH]c2ccccc12)C(N)=O. The number of para-hydroxylation sites is 1. The number of nitrogens with two attached hydrogens (primary N) is 3. The Labute approximate surface area is 401 Å². The van der Waals surface area contributed by atoms with Gasteiger partial charge in [-0.15, -0.1) is 0 Å². The summed E-state index contributed by atoms with van der Waals surface area (Å²) >= 11 is 0. The molecule has 0 spiro atoms. The number of H-pyrrole nitrogens is 1. The minimum absolute atomic E-state index is 0.0316. The molecule has 376 valence electrons. The number of benzene rings is 2. The molecule has 70 heavy (non-hydrogen) atoms. The molecule has 24 heteroatoms. The quantitative estimate of drug-likeness (QED) is 0.0409. The number of carbonyl (C=O) groups excluding carboxylic acids is 11. The molecule has 0 aliphatic carbocycles. The van der Waals surface area contributed by atoms with Gasteiger partial charge in [-0.05, 0) is 42.4 Å². The van der Waals surface area contributed by atoms with E-state index in [9.17, 15) is 57.8 Å². The molecule has 8 unspecified atom stereocenters. The van der Waals surface area contributed by atoms with E-state index in [1.807, 2.05) is 18.2 Å². The summed E-state index contributed by atoms with van der Waals surface area (Å²) in [6, 6.07) is 4.42. The van der Waals surface area contributed by atoms with Crippen LogP contribution in [-0.2, 0) is 65.6 Å². The van der Waals surface area contributed by atoms with Gasteiger partial charge in [0.05, 0.1) is 19.4 Å². The molecular weight excluding hydrogens is 913 g/mol. The Hall–Kier alpha value is -7.89. The second-order valence-corrected chi connectivity index (χ2v) is 17.6. The van der Waals surface area contributed by atoms with Crippen LogP contribution in [0.25, 0.3) is 10.9 Å². The van der Waals surface area contributed by atoms with Crippen LogP contribution in [-0.4, -0.2) is 141 Å². The maximum Gasteiger partial charge on any atom is 0.248 e. The standard InChI is InChI=1S/C46H60N12O12/c1-23(2)38(57-40(64)28-14-15-37(62)51-28)45(69)55-32(20-36(48)61)43(67)53-30(17-24-9-4-3-5-10-24)41(65)56-33(22-59)46(70)58-16-8-13-34(58)44(68)54-31(19-35(47)60)42(66)52-29(39(49)63)18-25-21-50-27-12-7-6-11-26(25)27/h3-7,9-12,21,23,28-34,38,50,59H,8,13-20,22H2,1-2H3,(H2,47,60)(H2,48,61)(H2,49,63)(H,51,62)(H,52,66)(H,53,67)(H,54,68)(H,55,69)(H,56,65)(H,57,64). The number of aromatic amines is 1. The van der Waals surface area contributed by atoms with E-state index in [2.05, 4.69) is 42.2 Å². The predicted octanol–water partition coefficient (Wildman–Crippen LogP) is -3.98. The molecule has 2 aliphatic heterocycles. The fourth-order valence-corrected chi connectivity index (χ4v) is 8.26. The Kier molecular flexibility index (Phi) is 18.5. The molecule has 15 N–H and O–H groups in total. The van der Waals surface area contributed by atoms with Crippen molar-refractivity contribution in [3.05, 3.63) is 71.9 Å². The van der Waals surface area contributed by atoms with E-state index in [4.69, 9.17) is 17.2 Å². The van der Waals surface area contributed by atoms with E-state index in [0.717, 1.165) is 15.8 Å². The number of carbonyl (C=O) groups is 11. The molecule has 0 saturated carbocycles. The minimum atomic E-state index is -1.69. The van der Waals surface area contributed by atoms with Crippen molar-refractivity contribution in [2.45, 2.75) is 114 Å². The average molecular weight is 973 g/mol. The number of rotatable bonds is 24. The highest BCUT2D eigenvalue weighted by atomic mass is 16.3. The van der Waals surface area contributed by atoms with Gasteiger partial charge in [-0.25, -0.2) is 0 Å². The molecule has 1 aromatic heterocycles. The fraction of sp³-hybridized carbons (Fsp3) is 0.457. The summed E-state index contributed by atoms with van der Waals surface area (Å²) in [5.74, 6) is -10.0. The number of hydrogen-bond donors (Lipinski definition) is 12. The van der Waals surface area contributed by atoms with Crippen molar-refractivity contribution in [3.63, 3.8) is 0 Å². The monoisotopic (exact) mass is 972 g/mol. The lowest BCUT2D eigenvalue weighted by molar-refractivity contribution is -0.143. The van der Waals surface area contributed by atoms with Crippen molar-refractivity contribution >= 4 is 75.9 Å². The van der Waals surface area contributed by atoms with Crippen LogP contribution in [0.15, 0.2) is 60.8 Å². The minimum Gasteiger partial charge on any atom is -0.394 e. The second-order valence-electron chi connectivity index (χ2n) is 17.6. The molecule has 2 fully saturated rings. The highest BCUT2D eigenvalue weighted by molar-refractivity contribution is 6.00. The van der Waals surface area contributed by atoms with Crippen LogP contribution < -0.4 is 54.4 Å². The number of nitrogens with zero attached hydrogens (tertiary/aromatic N) is 1. The van der Waals surface area contributed by atoms with Gasteiger partial charge in [0.1, 0.15) is 48.3 Å². The smallest absolute Gasteiger partial charge is 0.248 e. The first-order valence-electron chi connectivity index (χ1n) is 22.7. The number of aliphatic hydroxyl groups is 1. The van der Waals surface area contributed by atoms with E-state index in [0.29, 0.717) is 11.1 Å². The summed E-state index contributed by atoms with van der Waals surface area (Å²) < 4.78 is 0. The zero-order valence-corrected chi connectivity index (χ0v) is 38.7. The topological polar surface area (TPSA) is 389 Å². The molecular formula is C46H60N12O12. The van der Waals surface area contributed by atoms with Crippen molar-refractivity contribution in [2.24, 2.45) is 23.1 Å². The van der Waals surface area contributed by atoms with Crippen molar-refractivity contribution in [1.29, 1.82) is 0 Å². The maximum absolute atomic E-state index is 14.1. The lowest BCUT2D eigenvalue weighted by Gasteiger charge is -2.30. The molecule has 2 aliphatic rings. The van der Waals surface area contributed by atoms with Gasteiger partial charge < -0.3 is 69.4 Å². The van der Waals surface area contributed by atoms with Gasteiger partial charge in [0, 0.05) is 42.9 Å². The largest absolute Gasteiger partial charge is 0.394 e. The van der Waals surface area contributed by atoms with Crippen LogP contribution in [0.3, 0.4) is 0 Å². The normalized spacial score (nSPS) is 18.0. The summed E-state index contributed by atoms with van der Waals surface area (Å²) in [7, 11) is 0. The Bertz CT molecular complexity index is 2460. The van der Waals surface area contributed by atoms with Crippen LogP contribution >= 0.6 is 0 Å². The van der Waals surface area contributed by atoms with Gasteiger partial charge in [-0.1, -0.05) is 62.4 Å². The van der Waals surface area contributed by atoms with Crippen molar-refractivity contribution in [1.82, 2.24) is 47.1 Å². The molecule has 2 aromatic carbocycles. The molecule has 8 atom stereocenters. The summed E-state index contributed by atoms with van der Waals surface area (Å²) in [6.07, 6.45) is 0.665. The first-order chi connectivity index (χ1) is 33.3. The van der Waals surface area contributed by atoms with Crippen LogP contribution in [0.1, 0.15) is 63.5 Å². The fourth-order valence-electron chi connectivity index (χ4n) is 8.26. The van der Waals surface area contributed by atoms with Gasteiger partial charge >= 0.3 is 0 Å². The van der Waals surface area contributed by atoms with Crippen LogP contribution in [0, 0.1) is 5.92 Å². The lowest BCUT2D eigenvalue weighted by Crippen LogP contribution is -2.61. The summed E-state index contributed by atoms with van der Waals surface area (Å²) in [4.78, 5) is 149. The maximum atomic E-state index is 14.1. The number of hydrogen-bond acceptors (Lipinski definition) is 12. The third-order valence-electron chi connectivity index (χ3n) is 11.9. The molecule has 24 nitrogen and oxygen atoms in total. The number of amides is 11. The van der Waals surface area contributed by atoms with Crippen molar-refractivity contribution in [2.75, 3.05) is 13.2 Å². The Balaban J connectivity index is 1.28. The van der Waals surface area contributed by atoms with Gasteiger partial charge in [-0.3, -0.25) is 52.7 Å². The number of aromatic nitrogens is 1. The van der Waals surface area contributed by atoms with Crippen molar-refractivity contribution < 1.29 is 57.8 Å². The van der Waals surface area contributed by atoms with Gasteiger partial charge in [0.25, 0.3) is 0 Å². The predicted molar refractivity (Wildman–Crippen MR) is 248 cm³/mol. The second kappa shape index (κ2) is 24.4. The zero-order chi connectivity index (χ0) is 51.2. The van der Waals surface area contributed by atoms with E-state index < -0.39 is 133 Å². The van der Waals surface area contributed by atoms with E-state index in [1.54, 1.807) is 56.4 Å². The summed E-state index contributed by atoms with van der Waals surface area (Å²) in [5.41, 5.74) is 18.5. The number of primary amides is 3. The van der Waals surface area contributed by atoms with Crippen LogP contribution in [0.2, 0.25) is 0 Å².